The Morgan fingerprint density at radius 2 is 1.93 bits per heavy atom. The van der Waals surface area contributed by atoms with Crippen LogP contribution in [-0.4, -0.2) is 29.7 Å². The van der Waals surface area contributed by atoms with Crippen molar-refractivity contribution in [2.24, 2.45) is 0 Å². The van der Waals surface area contributed by atoms with E-state index < -0.39 is 0 Å². The van der Waals surface area contributed by atoms with E-state index in [0.717, 1.165) is 11.3 Å². The lowest BCUT2D eigenvalue weighted by Gasteiger charge is -2.24. The molecule has 1 aliphatic heterocycles. The fraction of sp³-hybridized carbons (Fsp3) is 0.667. The Morgan fingerprint density at radius 3 is 2.50 bits per heavy atom. The molecule has 0 spiro atoms. The van der Waals surface area contributed by atoms with Gasteiger partial charge in [-0.15, -0.1) is 0 Å². The van der Waals surface area contributed by atoms with E-state index in [2.05, 4.69) is 5.43 Å². The zero-order chi connectivity index (χ0) is 10.4. The highest BCUT2D eigenvalue weighted by Gasteiger charge is 2.25. The zero-order valence-electron chi connectivity index (χ0n) is 7.99. The van der Waals surface area contributed by atoms with Crippen molar-refractivity contribution in [1.29, 1.82) is 0 Å². The second-order valence-corrected chi connectivity index (χ2v) is 3.19. The lowest BCUT2D eigenvalue weighted by Crippen LogP contribution is -2.49. The minimum absolute atomic E-state index is 0.174. The van der Waals surface area contributed by atoms with Gasteiger partial charge in [0, 0.05) is 25.8 Å². The molecule has 0 atom stereocenters. The van der Waals surface area contributed by atoms with Crippen molar-refractivity contribution in [2.45, 2.75) is 32.1 Å². The number of hydrogen-bond acceptors (Lipinski definition) is 4. The van der Waals surface area contributed by atoms with Gasteiger partial charge in [-0.2, -0.15) is 0 Å². The molecule has 5 nitrogen and oxygen atoms in total. The second-order valence-electron chi connectivity index (χ2n) is 3.19. The van der Waals surface area contributed by atoms with E-state index in [0.29, 0.717) is 38.6 Å². The molecule has 1 rings (SSSR count). The van der Waals surface area contributed by atoms with Crippen LogP contribution in [-0.2, 0) is 14.4 Å². The summed E-state index contributed by atoms with van der Waals surface area (Å²) >= 11 is 0. The monoisotopic (exact) mass is 198 g/mol. The van der Waals surface area contributed by atoms with Gasteiger partial charge in [0.1, 0.15) is 6.29 Å². The number of hydrogen-bond donors (Lipinski definition) is 1. The van der Waals surface area contributed by atoms with Crippen molar-refractivity contribution in [3.63, 3.8) is 0 Å². The summed E-state index contributed by atoms with van der Waals surface area (Å²) in [5, 5.41) is 1.08. The highest BCUT2D eigenvalue weighted by Crippen LogP contribution is 2.09. The summed E-state index contributed by atoms with van der Waals surface area (Å²) < 4.78 is 0. The number of nitrogens with zero attached hydrogens (tertiary/aromatic N) is 1. The molecule has 0 aromatic heterocycles. The number of carbonyl (C=O) groups is 3. The van der Waals surface area contributed by atoms with Crippen molar-refractivity contribution in [1.82, 2.24) is 10.4 Å². The highest BCUT2D eigenvalue weighted by molar-refractivity contribution is 5.96. The third-order valence-corrected chi connectivity index (χ3v) is 2.05. The van der Waals surface area contributed by atoms with Crippen LogP contribution in [0.4, 0.5) is 0 Å². The average molecular weight is 198 g/mol. The lowest BCUT2D eigenvalue weighted by molar-refractivity contribution is -0.152. The van der Waals surface area contributed by atoms with Gasteiger partial charge in [0.15, 0.2) is 0 Å². The Hall–Kier alpha value is -1.23. The fourth-order valence-corrected chi connectivity index (χ4v) is 1.31. The van der Waals surface area contributed by atoms with Gasteiger partial charge in [-0.25, -0.2) is 10.4 Å². The summed E-state index contributed by atoms with van der Waals surface area (Å²) in [6, 6.07) is 0. The van der Waals surface area contributed by atoms with Crippen molar-refractivity contribution in [3.05, 3.63) is 0 Å². The van der Waals surface area contributed by atoms with Crippen molar-refractivity contribution < 1.29 is 14.4 Å². The molecule has 0 radical (unpaired) electrons. The van der Waals surface area contributed by atoms with E-state index in [9.17, 15) is 14.4 Å². The largest absolute Gasteiger partial charge is 0.303 e. The maximum Gasteiger partial charge on any atom is 0.243 e. The molecule has 0 saturated carbocycles. The van der Waals surface area contributed by atoms with Crippen molar-refractivity contribution in [2.75, 3.05) is 6.54 Å². The first-order valence-corrected chi connectivity index (χ1v) is 4.78. The Balaban J connectivity index is 2.29. The van der Waals surface area contributed by atoms with Gasteiger partial charge in [0.2, 0.25) is 11.8 Å². The van der Waals surface area contributed by atoms with Crippen LogP contribution in [0.25, 0.3) is 0 Å². The Morgan fingerprint density at radius 1 is 1.29 bits per heavy atom. The third kappa shape index (κ3) is 2.92. The number of unbranched alkanes of at least 4 members (excludes halogenated alkanes) is 1. The summed E-state index contributed by atoms with van der Waals surface area (Å²) in [6.07, 6.45) is 3.40. The molecule has 0 aromatic rings. The number of carbonyl (C=O) groups excluding carboxylic acids is 3. The number of hydrazine groups is 1. The molecule has 1 aliphatic rings. The minimum atomic E-state index is -0.174. The molecule has 1 N–H and O–H groups in total. The first-order chi connectivity index (χ1) is 6.75. The minimum Gasteiger partial charge on any atom is -0.303 e. The van der Waals surface area contributed by atoms with Crippen LogP contribution in [0.3, 0.4) is 0 Å². The van der Waals surface area contributed by atoms with E-state index in [4.69, 9.17) is 0 Å². The number of amides is 2. The van der Waals surface area contributed by atoms with Crippen LogP contribution in [0.15, 0.2) is 0 Å². The van der Waals surface area contributed by atoms with Crippen molar-refractivity contribution >= 4 is 18.1 Å². The van der Waals surface area contributed by atoms with E-state index in [1.54, 1.807) is 0 Å². The molecule has 14 heavy (non-hydrogen) atoms. The first kappa shape index (κ1) is 10.8. The average Bonchev–Trinajstić information content (AvgIpc) is 2.16. The summed E-state index contributed by atoms with van der Waals surface area (Å²) in [7, 11) is 0. The van der Waals surface area contributed by atoms with Gasteiger partial charge in [-0.05, 0) is 12.8 Å². The molecule has 0 unspecified atom stereocenters. The van der Waals surface area contributed by atoms with Crippen LogP contribution >= 0.6 is 0 Å². The molecule has 78 valence electrons. The summed E-state index contributed by atoms with van der Waals surface area (Å²) in [5.41, 5.74) is 2.73. The zero-order valence-corrected chi connectivity index (χ0v) is 7.99. The number of piperidine rings is 1. The highest BCUT2D eigenvalue weighted by atomic mass is 16.2. The molecule has 0 aromatic carbocycles. The van der Waals surface area contributed by atoms with Gasteiger partial charge < -0.3 is 4.79 Å². The number of imide groups is 1. The van der Waals surface area contributed by atoms with Crippen molar-refractivity contribution in [3.8, 4) is 0 Å². The summed E-state index contributed by atoms with van der Waals surface area (Å²) in [5.74, 6) is -0.347. The lowest BCUT2D eigenvalue weighted by atomic mass is 10.1. The van der Waals surface area contributed by atoms with Crippen LogP contribution < -0.4 is 5.43 Å². The molecule has 0 bridgehead atoms. The molecule has 1 saturated heterocycles. The second kappa shape index (κ2) is 5.49. The molecule has 1 fully saturated rings. The molecule has 1 heterocycles. The topological polar surface area (TPSA) is 66.5 Å². The van der Waals surface area contributed by atoms with Crippen LogP contribution in [0, 0.1) is 0 Å². The third-order valence-electron chi connectivity index (χ3n) is 2.05. The van der Waals surface area contributed by atoms with Crippen LogP contribution in [0.2, 0.25) is 0 Å². The molecule has 0 aliphatic carbocycles. The predicted molar refractivity (Wildman–Crippen MR) is 49.0 cm³/mol. The van der Waals surface area contributed by atoms with Gasteiger partial charge in [0.25, 0.3) is 0 Å². The molecule has 2 amide bonds. The number of rotatable bonds is 5. The van der Waals surface area contributed by atoms with E-state index in [1.165, 1.54) is 0 Å². The number of aldehydes is 1. The Labute approximate surface area is 82.4 Å². The quantitative estimate of drug-likeness (QED) is 0.384. The predicted octanol–water partition coefficient (Wildman–Crippen LogP) is 0.00920. The standard InChI is InChI=1S/C9H14N2O3/c12-7-2-1-6-10-11-8(13)4-3-5-9(11)14/h7,10H,1-6H2. The van der Waals surface area contributed by atoms with Crippen LogP contribution in [0.5, 0.6) is 0 Å². The van der Waals surface area contributed by atoms with E-state index in [1.807, 2.05) is 0 Å². The first-order valence-electron chi connectivity index (χ1n) is 4.78. The van der Waals surface area contributed by atoms with Gasteiger partial charge in [0.05, 0.1) is 0 Å². The fourth-order valence-electron chi connectivity index (χ4n) is 1.31. The van der Waals surface area contributed by atoms with Gasteiger partial charge in [-0.1, -0.05) is 0 Å². The van der Waals surface area contributed by atoms with E-state index >= 15 is 0 Å². The van der Waals surface area contributed by atoms with Gasteiger partial charge >= 0.3 is 0 Å². The Kier molecular flexibility index (Phi) is 4.25. The molecule has 5 heteroatoms. The smallest absolute Gasteiger partial charge is 0.243 e. The normalized spacial score (nSPS) is 17.3. The Bertz CT molecular complexity index is 224. The molecular formula is C9H14N2O3. The number of nitrogens with one attached hydrogen (secondary N) is 1. The van der Waals surface area contributed by atoms with Crippen LogP contribution in [0.1, 0.15) is 32.1 Å². The summed E-state index contributed by atoms with van der Waals surface area (Å²) in [4.78, 5) is 32.5. The SMILES string of the molecule is O=CCCCNN1C(=O)CCCC1=O. The van der Waals surface area contributed by atoms with Gasteiger partial charge in [-0.3, -0.25) is 9.59 Å². The van der Waals surface area contributed by atoms with E-state index in [-0.39, 0.29) is 11.8 Å². The molecular weight excluding hydrogens is 184 g/mol. The summed E-state index contributed by atoms with van der Waals surface area (Å²) in [6.45, 7) is 0.482. The maximum atomic E-state index is 11.2. The maximum absolute atomic E-state index is 11.2.